The molecule has 0 amide bonds. The number of hydrogen-bond donors (Lipinski definition) is 1. The first-order valence-electron chi connectivity index (χ1n) is 10.2. The molecule has 146 valence electrons. The number of rotatable bonds is 5. The molecule has 2 aromatic rings. The van der Waals surface area contributed by atoms with Crippen LogP contribution in [-0.2, 0) is 13.1 Å². The fraction of sp³-hybridized carbons (Fsp3) is 0.619. The molecule has 0 unspecified atom stereocenters. The first kappa shape index (κ1) is 18.4. The normalized spacial score (nSPS) is 20.5. The van der Waals surface area contributed by atoms with Gasteiger partial charge in [0.15, 0.2) is 0 Å². The molecule has 2 aliphatic heterocycles. The lowest BCUT2D eigenvalue weighted by atomic mass is 9.73. The predicted molar refractivity (Wildman–Crippen MR) is 106 cm³/mol. The number of piperidine rings is 1. The zero-order chi connectivity index (χ0) is 18.5. The quantitative estimate of drug-likeness (QED) is 0.878. The van der Waals surface area contributed by atoms with E-state index in [-0.39, 0.29) is 0 Å². The van der Waals surface area contributed by atoms with Gasteiger partial charge in [-0.15, -0.1) is 0 Å². The molecular weight excluding hydrogens is 338 g/mol. The molecule has 0 radical (unpaired) electrons. The monoisotopic (exact) mass is 369 g/mol. The summed E-state index contributed by atoms with van der Waals surface area (Å²) in [5, 5.41) is 7.75. The molecule has 27 heavy (non-hydrogen) atoms. The van der Waals surface area contributed by atoms with Crippen molar-refractivity contribution in [1.29, 1.82) is 0 Å². The summed E-state index contributed by atoms with van der Waals surface area (Å²) >= 11 is 0. The van der Waals surface area contributed by atoms with Crippen molar-refractivity contribution in [2.75, 3.05) is 33.3 Å². The van der Waals surface area contributed by atoms with Gasteiger partial charge in [0.05, 0.1) is 13.7 Å². The van der Waals surface area contributed by atoms with Gasteiger partial charge in [-0.05, 0) is 81.4 Å². The summed E-state index contributed by atoms with van der Waals surface area (Å²) in [5.74, 6) is 0.916. The van der Waals surface area contributed by atoms with E-state index in [1.807, 2.05) is 4.68 Å². The van der Waals surface area contributed by atoms with Gasteiger partial charge >= 0.3 is 0 Å². The van der Waals surface area contributed by atoms with Crippen LogP contribution in [0.15, 0.2) is 30.9 Å². The van der Waals surface area contributed by atoms with Crippen LogP contribution in [0, 0.1) is 5.41 Å². The zero-order valence-corrected chi connectivity index (χ0v) is 16.4. The van der Waals surface area contributed by atoms with E-state index in [4.69, 9.17) is 4.74 Å². The van der Waals surface area contributed by atoms with Crippen molar-refractivity contribution >= 4 is 0 Å². The van der Waals surface area contributed by atoms with Gasteiger partial charge in [-0.25, -0.2) is 9.67 Å². The summed E-state index contributed by atoms with van der Waals surface area (Å²) in [5.41, 5.74) is 3.11. The third-order valence-corrected chi connectivity index (χ3v) is 6.35. The van der Waals surface area contributed by atoms with Crippen molar-refractivity contribution in [1.82, 2.24) is 25.0 Å². The number of benzene rings is 1. The molecule has 0 bridgehead atoms. The van der Waals surface area contributed by atoms with Crippen LogP contribution in [0.4, 0.5) is 0 Å². The highest BCUT2D eigenvalue weighted by Gasteiger charge is 2.33. The van der Waals surface area contributed by atoms with Crippen molar-refractivity contribution in [3.63, 3.8) is 0 Å². The zero-order valence-electron chi connectivity index (χ0n) is 16.4. The highest BCUT2D eigenvalue weighted by atomic mass is 16.5. The Kier molecular flexibility index (Phi) is 5.74. The number of methoxy groups -OCH3 is 1. The molecule has 1 spiro atoms. The Labute approximate surface area is 161 Å². The van der Waals surface area contributed by atoms with E-state index in [1.54, 1.807) is 19.8 Å². The SMILES string of the molecule is COc1ccc(CN2CCCC3(CCNCC3)CC2)cc1Cn1cncn1. The molecule has 1 aromatic carbocycles. The summed E-state index contributed by atoms with van der Waals surface area (Å²) in [6, 6.07) is 6.56. The molecule has 6 nitrogen and oxygen atoms in total. The maximum Gasteiger partial charge on any atom is 0.137 e. The van der Waals surface area contributed by atoms with Gasteiger partial charge in [-0.2, -0.15) is 5.10 Å². The maximum absolute atomic E-state index is 5.55. The molecule has 2 fully saturated rings. The fourth-order valence-corrected chi connectivity index (χ4v) is 4.73. The Morgan fingerprint density at radius 3 is 2.78 bits per heavy atom. The second-order valence-electron chi connectivity index (χ2n) is 8.12. The smallest absolute Gasteiger partial charge is 0.137 e. The minimum atomic E-state index is 0.595. The summed E-state index contributed by atoms with van der Waals surface area (Å²) in [6.07, 6.45) is 10.1. The molecule has 0 aliphatic carbocycles. The van der Waals surface area contributed by atoms with Crippen molar-refractivity contribution in [3.8, 4) is 5.75 Å². The average molecular weight is 370 g/mol. The lowest BCUT2D eigenvalue weighted by Gasteiger charge is -2.37. The second-order valence-corrected chi connectivity index (χ2v) is 8.12. The Morgan fingerprint density at radius 1 is 1.11 bits per heavy atom. The van der Waals surface area contributed by atoms with E-state index in [9.17, 15) is 0 Å². The molecule has 1 N–H and O–H groups in total. The highest BCUT2D eigenvalue weighted by molar-refractivity contribution is 5.37. The van der Waals surface area contributed by atoms with E-state index in [0.29, 0.717) is 12.0 Å². The molecule has 2 aliphatic rings. The second kappa shape index (κ2) is 8.40. The van der Waals surface area contributed by atoms with Crippen LogP contribution in [0.25, 0.3) is 0 Å². The largest absolute Gasteiger partial charge is 0.496 e. The number of nitrogens with zero attached hydrogens (tertiary/aromatic N) is 4. The average Bonchev–Trinajstić information content (AvgIpc) is 3.13. The van der Waals surface area contributed by atoms with Crippen LogP contribution in [0.3, 0.4) is 0 Å². The molecule has 0 atom stereocenters. The van der Waals surface area contributed by atoms with E-state index >= 15 is 0 Å². The highest BCUT2D eigenvalue weighted by Crippen LogP contribution is 2.39. The van der Waals surface area contributed by atoms with Crippen molar-refractivity contribution < 1.29 is 4.74 Å². The third-order valence-electron chi connectivity index (χ3n) is 6.35. The van der Waals surface area contributed by atoms with E-state index in [1.165, 1.54) is 63.8 Å². The van der Waals surface area contributed by atoms with Crippen LogP contribution in [0.1, 0.15) is 43.2 Å². The Hall–Kier alpha value is -1.92. The van der Waals surface area contributed by atoms with Crippen LogP contribution >= 0.6 is 0 Å². The van der Waals surface area contributed by atoms with Crippen molar-refractivity contribution in [3.05, 3.63) is 42.0 Å². The van der Waals surface area contributed by atoms with Crippen molar-refractivity contribution in [2.24, 2.45) is 5.41 Å². The van der Waals surface area contributed by atoms with Gasteiger partial charge in [0.25, 0.3) is 0 Å². The van der Waals surface area contributed by atoms with Gasteiger partial charge < -0.3 is 10.1 Å². The lowest BCUT2D eigenvalue weighted by molar-refractivity contribution is 0.167. The van der Waals surface area contributed by atoms with Gasteiger partial charge in [0.2, 0.25) is 0 Å². The van der Waals surface area contributed by atoms with E-state index in [0.717, 1.165) is 17.9 Å². The van der Waals surface area contributed by atoms with Crippen LogP contribution in [0.5, 0.6) is 5.75 Å². The van der Waals surface area contributed by atoms with Gasteiger partial charge in [-0.3, -0.25) is 4.90 Å². The fourth-order valence-electron chi connectivity index (χ4n) is 4.73. The number of ether oxygens (including phenoxy) is 1. The molecule has 6 heteroatoms. The van der Waals surface area contributed by atoms with Gasteiger partial charge in [0.1, 0.15) is 18.4 Å². The number of likely N-dealkylation sites (tertiary alicyclic amines) is 1. The van der Waals surface area contributed by atoms with Crippen LogP contribution in [0.2, 0.25) is 0 Å². The molecule has 3 heterocycles. The minimum absolute atomic E-state index is 0.595. The van der Waals surface area contributed by atoms with Gasteiger partial charge in [-0.1, -0.05) is 6.07 Å². The lowest BCUT2D eigenvalue weighted by Crippen LogP contribution is -2.37. The number of aromatic nitrogens is 3. The molecular formula is C21H31N5O. The van der Waals surface area contributed by atoms with Gasteiger partial charge in [0, 0.05) is 12.1 Å². The first-order valence-corrected chi connectivity index (χ1v) is 10.2. The first-order chi connectivity index (χ1) is 13.3. The summed E-state index contributed by atoms with van der Waals surface area (Å²) in [4.78, 5) is 6.68. The third kappa shape index (κ3) is 4.50. The topological polar surface area (TPSA) is 55.2 Å². The van der Waals surface area contributed by atoms with E-state index < -0.39 is 0 Å². The maximum atomic E-state index is 5.55. The Balaban J connectivity index is 1.42. The minimum Gasteiger partial charge on any atom is -0.496 e. The molecule has 0 saturated carbocycles. The van der Waals surface area contributed by atoms with E-state index in [2.05, 4.69) is 38.5 Å². The predicted octanol–water partition coefficient (Wildman–Crippen LogP) is 2.69. The van der Waals surface area contributed by atoms with Crippen LogP contribution < -0.4 is 10.1 Å². The summed E-state index contributed by atoms with van der Waals surface area (Å²) < 4.78 is 7.39. The number of hydrogen-bond acceptors (Lipinski definition) is 5. The standard InChI is InChI=1S/C21H31N5O/c1-27-20-4-3-18(13-19(20)15-26-17-23-16-24-26)14-25-11-2-5-21(8-12-25)6-9-22-10-7-21/h3-4,13,16-17,22H,2,5-12,14-15H2,1H3. The molecule has 4 rings (SSSR count). The van der Waals surface area contributed by atoms with Crippen molar-refractivity contribution in [2.45, 2.75) is 45.2 Å². The summed E-state index contributed by atoms with van der Waals surface area (Å²) in [6.45, 7) is 6.52. The molecule has 1 aromatic heterocycles. The molecule has 2 saturated heterocycles. The Morgan fingerprint density at radius 2 is 2.00 bits per heavy atom. The summed E-state index contributed by atoms with van der Waals surface area (Å²) in [7, 11) is 1.73. The van der Waals surface area contributed by atoms with Crippen LogP contribution in [-0.4, -0.2) is 53.0 Å². The Bertz CT molecular complexity index is 724. The number of nitrogens with one attached hydrogen (secondary N) is 1.